The molecule has 8 heteroatoms. The lowest BCUT2D eigenvalue weighted by atomic mass is 10.2. The molecule has 2 aromatic rings. The molecule has 7 nitrogen and oxygen atoms in total. The summed E-state index contributed by atoms with van der Waals surface area (Å²) in [4.78, 5) is 37.7. The Hall–Kier alpha value is -3.26. The molecule has 0 saturated carbocycles. The average molecular weight is 357 g/mol. The molecule has 3 rings (SSSR count). The number of benzene rings is 2. The molecule has 1 fully saturated rings. The summed E-state index contributed by atoms with van der Waals surface area (Å²) < 4.78 is 18.6. The number of amides is 3. The minimum Gasteiger partial charge on any atom is -0.497 e. The first-order valence-corrected chi connectivity index (χ1v) is 7.82. The highest BCUT2D eigenvalue weighted by Crippen LogP contribution is 2.24. The number of hydrogen-bond donors (Lipinski definition) is 2. The predicted octanol–water partition coefficient (Wildman–Crippen LogP) is 1.40. The first kappa shape index (κ1) is 17.6. The van der Waals surface area contributed by atoms with E-state index < -0.39 is 29.6 Å². The molecular formula is C18H16FN3O4. The van der Waals surface area contributed by atoms with E-state index in [2.05, 4.69) is 10.9 Å². The standard InChI is InChI=1S/C18H16FN3O4/c1-26-12-8-6-11(7-9-12)22-16(23)10-15(18(22)25)20-21-17(24)13-4-2-3-5-14(13)19/h2-9,15,20H,10H2,1H3,(H,21,24)/t15-/m1/s1. The third-order valence-corrected chi connectivity index (χ3v) is 3.96. The monoisotopic (exact) mass is 357 g/mol. The van der Waals surface area contributed by atoms with Gasteiger partial charge in [0.15, 0.2) is 0 Å². The van der Waals surface area contributed by atoms with Gasteiger partial charge >= 0.3 is 0 Å². The SMILES string of the molecule is COc1ccc(N2C(=O)C[C@@H](NNC(=O)c3ccccc3F)C2=O)cc1. The predicted molar refractivity (Wildman–Crippen MR) is 90.9 cm³/mol. The van der Waals surface area contributed by atoms with E-state index in [0.717, 1.165) is 11.0 Å². The Labute approximate surface area is 148 Å². The molecule has 1 heterocycles. The zero-order valence-electron chi connectivity index (χ0n) is 13.9. The van der Waals surface area contributed by atoms with Gasteiger partial charge in [-0.1, -0.05) is 12.1 Å². The molecule has 0 bridgehead atoms. The Balaban J connectivity index is 1.67. The number of carbonyl (C=O) groups is 3. The molecule has 1 atom stereocenters. The topological polar surface area (TPSA) is 87.7 Å². The summed E-state index contributed by atoms with van der Waals surface area (Å²) in [5, 5.41) is 0. The van der Waals surface area contributed by atoms with E-state index in [1.807, 2.05) is 0 Å². The first-order valence-electron chi connectivity index (χ1n) is 7.82. The fourth-order valence-corrected chi connectivity index (χ4v) is 2.61. The normalized spacial score (nSPS) is 16.7. The second-order valence-corrected chi connectivity index (χ2v) is 5.60. The van der Waals surface area contributed by atoms with Gasteiger partial charge in [0, 0.05) is 0 Å². The molecule has 1 saturated heterocycles. The lowest BCUT2D eigenvalue weighted by molar-refractivity contribution is -0.121. The Morgan fingerprint density at radius 1 is 1.15 bits per heavy atom. The fourth-order valence-electron chi connectivity index (χ4n) is 2.61. The summed E-state index contributed by atoms with van der Waals surface area (Å²) in [5.41, 5.74) is 5.03. The number of nitrogens with zero attached hydrogens (tertiary/aromatic N) is 1. The average Bonchev–Trinajstić information content (AvgIpc) is 2.93. The lowest BCUT2D eigenvalue weighted by Crippen LogP contribution is -2.48. The summed E-state index contributed by atoms with van der Waals surface area (Å²) in [6.45, 7) is 0. The summed E-state index contributed by atoms with van der Waals surface area (Å²) in [6.07, 6.45) is -0.123. The molecule has 0 aromatic heterocycles. The highest BCUT2D eigenvalue weighted by atomic mass is 19.1. The van der Waals surface area contributed by atoms with E-state index >= 15 is 0 Å². The van der Waals surface area contributed by atoms with E-state index in [1.54, 1.807) is 24.3 Å². The van der Waals surface area contributed by atoms with Gasteiger partial charge in [0.2, 0.25) is 5.91 Å². The Bertz CT molecular complexity index is 854. The molecule has 0 spiro atoms. The third kappa shape index (κ3) is 3.40. The van der Waals surface area contributed by atoms with Gasteiger partial charge < -0.3 is 4.74 Å². The van der Waals surface area contributed by atoms with E-state index in [-0.39, 0.29) is 12.0 Å². The van der Waals surface area contributed by atoms with Crippen molar-refractivity contribution < 1.29 is 23.5 Å². The van der Waals surface area contributed by atoms with Crippen LogP contribution < -0.4 is 20.5 Å². The number of anilines is 1. The molecule has 1 aliphatic rings. The van der Waals surface area contributed by atoms with Crippen molar-refractivity contribution in [3.63, 3.8) is 0 Å². The smallest absolute Gasteiger partial charge is 0.268 e. The van der Waals surface area contributed by atoms with Gasteiger partial charge in [-0.05, 0) is 36.4 Å². The maximum atomic E-state index is 13.6. The summed E-state index contributed by atoms with van der Waals surface area (Å²) >= 11 is 0. The quantitative estimate of drug-likeness (QED) is 0.624. The number of hydrazine groups is 1. The van der Waals surface area contributed by atoms with Gasteiger partial charge in [0.25, 0.3) is 11.8 Å². The van der Waals surface area contributed by atoms with Crippen LogP contribution in [-0.2, 0) is 9.59 Å². The molecule has 0 unspecified atom stereocenters. The van der Waals surface area contributed by atoms with Gasteiger partial charge in [-0.2, -0.15) is 0 Å². The van der Waals surface area contributed by atoms with Crippen LogP contribution in [0.1, 0.15) is 16.8 Å². The largest absolute Gasteiger partial charge is 0.497 e. The van der Waals surface area contributed by atoms with Gasteiger partial charge in [-0.25, -0.2) is 14.7 Å². The number of methoxy groups -OCH3 is 1. The van der Waals surface area contributed by atoms with Crippen molar-refractivity contribution in [1.29, 1.82) is 0 Å². The molecule has 1 aliphatic heterocycles. The number of imide groups is 1. The van der Waals surface area contributed by atoms with E-state index in [4.69, 9.17) is 4.74 Å². The maximum absolute atomic E-state index is 13.6. The van der Waals surface area contributed by atoms with Crippen molar-refractivity contribution in [3.05, 3.63) is 59.9 Å². The van der Waals surface area contributed by atoms with Gasteiger partial charge in [0.1, 0.15) is 17.6 Å². The van der Waals surface area contributed by atoms with Crippen LogP contribution in [-0.4, -0.2) is 30.9 Å². The van der Waals surface area contributed by atoms with E-state index in [0.29, 0.717) is 11.4 Å². The minimum atomic E-state index is -0.930. The van der Waals surface area contributed by atoms with Crippen LogP contribution in [0.15, 0.2) is 48.5 Å². The van der Waals surface area contributed by atoms with E-state index in [1.165, 1.54) is 25.3 Å². The maximum Gasteiger partial charge on any atom is 0.268 e. The van der Waals surface area contributed by atoms with Crippen LogP contribution in [0, 0.1) is 5.82 Å². The lowest BCUT2D eigenvalue weighted by Gasteiger charge is -2.16. The fraction of sp³-hybridized carbons (Fsp3) is 0.167. The number of carbonyl (C=O) groups excluding carboxylic acids is 3. The van der Waals surface area contributed by atoms with Crippen molar-refractivity contribution in [2.24, 2.45) is 0 Å². The van der Waals surface area contributed by atoms with Crippen LogP contribution in [0.25, 0.3) is 0 Å². The molecular weight excluding hydrogens is 341 g/mol. The van der Waals surface area contributed by atoms with Crippen molar-refractivity contribution in [3.8, 4) is 5.75 Å². The van der Waals surface area contributed by atoms with Crippen LogP contribution in [0.5, 0.6) is 5.75 Å². The van der Waals surface area contributed by atoms with Gasteiger partial charge in [0.05, 0.1) is 24.8 Å². The molecule has 26 heavy (non-hydrogen) atoms. The highest BCUT2D eigenvalue weighted by molar-refractivity contribution is 6.22. The van der Waals surface area contributed by atoms with Crippen molar-refractivity contribution in [1.82, 2.24) is 10.9 Å². The van der Waals surface area contributed by atoms with Crippen molar-refractivity contribution >= 4 is 23.4 Å². The van der Waals surface area contributed by atoms with Crippen LogP contribution in [0.4, 0.5) is 10.1 Å². The van der Waals surface area contributed by atoms with Crippen molar-refractivity contribution in [2.45, 2.75) is 12.5 Å². The molecule has 2 N–H and O–H groups in total. The number of ether oxygens (including phenoxy) is 1. The number of halogens is 1. The summed E-state index contributed by atoms with van der Waals surface area (Å²) in [7, 11) is 1.51. The number of rotatable bonds is 5. The zero-order valence-corrected chi connectivity index (χ0v) is 13.9. The third-order valence-electron chi connectivity index (χ3n) is 3.96. The number of hydrogen-bond acceptors (Lipinski definition) is 5. The highest BCUT2D eigenvalue weighted by Gasteiger charge is 2.39. The Morgan fingerprint density at radius 3 is 2.50 bits per heavy atom. The summed E-state index contributed by atoms with van der Waals surface area (Å²) in [5.74, 6) is -1.72. The van der Waals surface area contributed by atoms with Crippen molar-refractivity contribution in [2.75, 3.05) is 12.0 Å². The second kappa shape index (κ2) is 7.32. The molecule has 0 radical (unpaired) electrons. The van der Waals surface area contributed by atoms with Crippen LogP contribution >= 0.6 is 0 Å². The van der Waals surface area contributed by atoms with Gasteiger partial charge in [-0.15, -0.1) is 0 Å². The van der Waals surface area contributed by atoms with Crippen LogP contribution in [0.3, 0.4) is 0 Å². The molecule has 3 amide bonds. The minimum absolute atomic E-state index is 0.123. The Kier molecular flexibility index (Phi) is 4.94. The molecule has 2 aromatic carbocycles. The van der Waals surface area contributed by atoms with E-state index in [9.17, 15) is 18.8 Å². The Morgan fingerprint density at radius 2 is 1.85 bits per heavy atom. The summed E-state index contributed by atoms with van der Waals surface area (Å²) in [6, 6.07) is 11.0. The molecule has 134 valence electrons. The zero-order chi connectivity index (χ0) is 18.7. The van der Waals surface area contributed by atoms with Gasteiger partial charge in [-0.3, -0.25) is 19.8 Å². The second-order valence-electron chi connectivity index (χ2n) is 5.60. The molecule has 0 aliphatic carbocycles. The van der Waals surface area contributed by atoms with Crippen LogP contribution in [0.2, 0.25) is 0 Å². The number of nitrogens with one attached hydrogen (secondary N) is 2. The first-order chi connectivity index (χ1) is 12.5.